The monoisotopic (exact) mass is 512 g/mol. The van der Waals surface area contributed by atoms with Crippen molar-refractivity contribution in [1.82, 2.24) is 0 Å². The van der Waals surface area contributed by atoms with E-state index in [9.17, 15) is 15.2 Å². The number of halogens is 2. The maximum absolute atomic E-state index is 12.3. The van der Waals surface area contributed by atoms with Gasteiger partial charge in [0.1, 0.15) is 11.6 Å². The number of carbonyl (C=O) groups excluding carboxylic acids is 1. The largest absolute Gasteiger partial charge is 0.504 e. The second-order valence-corrected chi connectivity index (χ2v) is 6.99. The summed E-state index contributed by atoms with van der Waals surface area (Å²) in [5, 5.41) is 22.0. The van der Waals surface area contributed by atoms with E-state index in [1.54, 1.807) is 37.3 Å². The molecule has 0 radical (unpaired) electrons. The van der Waals surface area contributed by atoms with Crippen molar-refractivity contribution in [2.45, 2.75) is 6.92 Å². The lowest BCUT2D eigenvalue weighted by Crippen LogP contribution is -2.13. The first-order valence-electron chi connectivity index (χ1n) is 7.28. The highest BCUT2D eigenvalue weighted by Crippen LogP contribution is 2.33. The first kappa shape index (κ1) is 19.3. The van der Waals surface area contributed by atoms with Crippen molar-refractivity contribution in [3.63, 3.8) is 0 Å². The summed E-state index contributed by atoms with van der Waals surface area (Å²) in [7, 11) is 0. The number of carbonyl (C=O) groups is 1. The predicted molar refractivity (Wildman–Crippen MR) is 108 cm³/mol. The van der Waals surface area contributed by atoms with E-state index in [4.69, 9.17) is 4.74 Å². The van der Waals surface area contributed by atoms with E-state index >= 15 is 0 Å². The fourth-order valence-electron chi connectivity index (χ4n) is 2.02. The van der Waals surface area contributed by atoms with Gasteiger partial charge in [0, 0.05) is 10.2 Å². The van der Waals surface area contributed by atoms with Crippen LogP contribution in [0.5, 0.6) is 11.5 Å². The number of hydrogen-bond acceptors (Lipinski definition) is 4. The molecule has 2 aromatic carbocycles. The number of rotatable bonds is 5. The lowest BCUT2D eigenvalue weighted by molar-refractivity contribution is -0.112. The number of nitrogens with zero attached hydrogens (tertiary/aromatic N) is 1. The molecule has 0 bridgehead atoms. The maximum atomic E-state index is 12.3. The van der Waals surface area contributed by atoms with E-state index in [0.717, 1.165) is 4.47 Å². The summed E-state index contributed by atoms with van der Waals surface area (Å²) in [6, 6.07) is 12.3. The molecule has 0 atom stereocenters. The molecule has 0 heterocycles. The van der Waals surface area contributed by atoms with Crippen molar-refractivity contribution in [3.05, 3.63) is 55.6 Å². The Morgan fingerprint density at radius 3 is 2.84 bits per heavy atom. The van der Waals surface area contributed by atoms with Gasteiger partial charge in [-0.3, -0.25) is 4.79 Å². The zero-order chi connectivity index (χ0) is 18.4. The average Bonchev–Trinajstić information content (AvgIpc) is 2.57. The zero-order valence-electron chi connectivity index (χ0n) is 13.2. The molecule has 0 saturated carbocycles. The minimum Gasteiger partial charge on any atom is -0.504 e. The minimum absolute atomic E-state index is 0.0386. The van der Waals surface area contributed by atoms with E-state index in [-0.39, 0.29) is 11.3 Å². The highest BCUT2D eigenvalue weighted by atomic mass is 127. The van der Waals surface area contributed by atoms with E-state index in [2.05, 4.69) is 21.2 Å². The Kier molecular flexibility index (Phi) is 6.84. The third-order valence-electron chi connectivity index (χ3n) is 3.11. The molecule has 2 aromatic rings. The van der Waals surface area contributed by atoms with Crippen LogP contribution < -0.4 is 10.1 Å². The van der Waals surface area contributed by atoms with Gasteiger partial charge < -0.3 is 15.2 Å². The molecule has 2 rings (SSSR count). The molecule has 7 heteroatoms. The summed E-state index contributed by atoms with van der Waals surface area (Å²) in [5.74, 6) is -0.163. The summed E-state index contributed by atoms with van der Waals surface area (Å²) >= 11 is 5.29. The van der Waals surface area contributed by atoms with Crippen LogP contribution in [0.25, 0.3) is 6.08 Å². The molecule has 0 fully saturated rings. The number of anilines is 1. The van der Waals surface area contributed by atoms with E-state index in [1.807, 2.05) is 34.7 Å². The van der Waals surface area contributed by atoms with Crippen LogP contribution in [0.2, 0.25) is 0 Å². The van der Waals surface area contributed by atoms with Crippen LogP contribution in [0.3, 0.4) is 0 Å². The Labute approximate surface area is 167 Å². The molecule has 0 aliphatic heterocycles. The van der Waals surface area contributed by atoms with Crippen molar-refractivity contribution in [3.8, 4) is 17.6 Å². The molecule has 25 heavy (non-hydrogen) atoms. The Morgan fingerprint density at radius 2 is 2.20 bits per heavy atom. The molecular weight excluding hydrogens is 499 g/mol. The summed E-state index contributed by atoms with van der Waals surface area (Å²) in [5.41, 5.74) is 1.12. The molecule has 1 amide bonds. The van der Waals surface area contributed by atoms with Crippen molar-refractivity contribution >= 4 is 56.2 Å². The topological polar surface area (TPSA) is 82.3 Å². The van der Waals surface area contributed by atoms with Crippen LogP contribution in [-0.2, 0) is 4.79 Å². The fourth-order valence-corrected chi connectivity index (χ4v) is 3.05. The van der Waals surface area contributed by atoms with Crippen LogP contribution >= 0.6 is 38.5 Å². The maximum Gasteiger partial charge on any atom is 0.266 e. The second-order valence-electron chi connectivity index (χ2n) is 4.92. The molecular formula is C18H14BrIN2O3. The van der Waals surface area contributed by atoms with Crippen molar-refractivity contribution in [2.75, 3.05) is 11.9 Å². The van der Waals surface area contributed by atoms with Gasteiger partial charge in [-0.15, -0.1) is 0 Å². The van der Waals surface area contributed by atoms with Crippen molar-refractivity contribution in [1.29, 1.82) is 5.26 Å². The zero-order valence-corrected chi connectivity index (χ0v) is 17.0. The van der Waals surface area contributed by atoms with Crippen LogP contribution in [0.4, 0.5) is 5.69 Å². The van der Waals surface area contributed by atoms with Gasteiger partial charge in [-0.05, 0) is 71.5 Å². The highest BCUT2D eigenvalue weighted by Gasteiger charge is 2.13. The number of phenols is 1. The van der Waals surface area contributed by atoms with Crippen LogP contribution in [-0.4, -0.2) is 17.6 Å². The number of phenolic OH excluding ortho intramolecular Hbond substituents is 1. The first-order valence-corrected chi connectivity index (χ1v) is 9.15. The number of ether oxygens (including phenoxy) is 1. The second kappa shape index (κ2) is 8.87. The Hall–Kier alpha value is -2.05. The SMILES string of the molecule is CCOc1cc(/C=C(/C#N)C(=O)Nc2cccc(Br)c2)cc(I)c1O. The summed E-state index contributed by atoms with van der Waals surface area (Å²) in [4.78, 5) is 12.3. The van der Waals surface area contributed by atoms with E-state index in [1.165, 1.54) is 6.08 Å². The molecule has 128 valence electrons. The molecule has 0 aliphatic carbocycles. The lowest BCUT2D eigenvalue weighted by Gasteiger charge is -2.09. The molecule has 2 N–H and O–H groups in total. The molecule has 0 unspecified atom stereocenters. The smallest absolute Gasteiger partial charge is 0.266 e. The van der Waals surface area contributed by atoms with Gasteiger partial charge in [0.05, 0.1) is 10.2 Å². The third-order valence-corrected chi connectivity index (χ3v) is 4.42. The van der Waals surface area contributed by atoms with Gasteiger partial charge in [0.2, 0.25) is 0 Å². The standard InChI is InChI=1S/C18H14BrIN2O3/c1-2-25-16-8-11(7-15(20)17(16)23)6-12(10-21)18(24)22-14-5-3-4-13(19)9-14/h3-9,23H,2H2,1H3,(H,22,24)/b12-6-. The number of nitriles is 1. The summed E-state index contributed by atoms with van der Waals surface area (Å²) in [6.07, 6.45) is 1.46. The Bertz CT molecular complexity index is 875. The van der Waals surface area contributed by atoms with Crippen molar-refractivity contribution < 1.29 is 14.6 Å². The average molecular weight is 513 g/mol. The van der Waals surface area contributed by atoms with Crippen LogP contribution in [0.15, 0.2) is 46.4 Å². The first-order chi connectivity index (χ1) is 11.9. The van der Waals surface area contributed by atoms with Gasteiger partial charge in [-0.25, -0.2) is 0 Å². The number of aromatic hydroxyl groups is 1. The number of nitrogens with one attached hydrogen (secondary N) is 1. The normalized spacial score (nSPS) is 10.9. The number of hydrogen-bond donors (Lipinski definition) is 2. The third kappa shape index (κ3) is 5.21. The number of benzene rings is 2. The molecule has 0 spiro atoms. The molecule has 0 aliphatic rings. The van der Waals surface area contributed by atoms with Gasteiger partial charge in [-0.1, -0.05) is 22.0 Å². The summed E-state index contributed by atoms with van der Waals surface area (Å²) < 4.78 is 6.76. The molecule has 5 nitrogen and oxygen atoms in total. The Balaban J connectivity index is 2.30. The van der Waals surface area contributed by atoms with E-state index < -0.39 is 5.91 Å². The van der Waals surface area contributed by atoms with Gasteiger partial charge in [0.15, 0.2) is 11.5 Å². The van der Waals surface area contributed by atoms with Crippen LogP contribution in [0, 0.1) is 14.9 Å². The Morgan fingerprint density at radius 1 is 1.44 bits per heavy atom. The minimum atomic E-state index is -0.512. The van der Waals surface area contributed by atoms with Gasteiger partial charge in [0.25, 0.3) is 5.91 Å². The van der Waals surface area contributed by atoms with E-state index in [0.29, 0.717) is 27.2 Å². The van der Waals surface area contributed by atoms with Crippen LogP contribution in [0.1, 0.15) is 12.5 Å². The van der Waals surface area contributed by atoms with Gasteiger partial charge >= 0.3 is 0 Å². The quantitative estimate of drug-likeness (QED) is 0.345. The molecule has 0 aromatic heterocycles. The number of amides is 1. The predicted octanol–water partition coefficient (Wildman–Crippen LogP) is 4.70. The molecule has 0 saturated heterocycles. The highest BCUT2D eigenvalue weighted by molar-refractivity contribution is 14.1. The lowest BCUT2D eigenvalue weighted by atomic mass is 10.1. The van der Waals surface area contributed by atoms with Gasteiger partial charge in [-0.2, -0.15) is 5.26 Å². The fraction of sp³-hybridized carbons (Fsp3) is 0.111. The summed E-state index contributed by atoms with van der Waals surface area (Å²) in [6.45, 7) is 2.20. The van der Waals surface area contributed by atoms with Crippen molar-refractivity contribution in [2.24, 2.45) is 0 Å².